The van der Waals surface area contributed by atoms with Gasteiger partial charge in [-0.05, 0) is 36.8 Å². The van der Waals surface area contributed by atoms with E-state index in [0.29, 0.717) is 11.4 Å². The van der Waals surface area contributed by atoms with E-state index in [1.165, 1.54) is 0 Å². The molecule has 1 amide bonds. The van der Waals surface area contributed by atoms with Crippen molar-refractivity contribution < 1.29 is 4.79 Å². The van der Waals surface area contributed by atoms with Crippen molar-refractivity contribution in [1.82, 2.24) is 14.1 Å². The van der Waals surface area contributed by atoms with E-state index in [-0.39, 0.29) is 16.6 Å². The summed E-state index contributed by atoms with van der Waals surface area (Å²) in [7, 11) is 1.67. The first-order valence-electron chi connectivity index (χ1n) is 8.73. The predicted octanol–water partition coefficient (Wildman–Crippen LogP) is 2.58. The number of anilines is 1. The van der Waals surface area contributed by atoms with E-state index in [4.69, 9.17) is 0 Å². The number of carbonyl (C=O) groups is 1. The summed E-state index contributed by atoms with van der Waals surface area (Å²) in [4.78, 5) is 41.1. The highest BCUT2D eigenvalue weighted by molar-refractivity contribution is 6.11. The molecule has 2 N–H and O–H groups in total. The van der Waals surface area contributed by atoms with Gasteiger partial charge < -0.3 is 14.9 Å². The molecular weight excluding hydrogens is 356 g/mol. The van der Waals surface area contributed by atoms with Gasteiger partial charge >= 0.3 is 5.69 Å². The fourth-order valence-corrected chi connectivity index (χ4v) is 3.28. The van der Waals surface area contributed by atoms with Crippen LogP contribution in [0.3, 0.4) is 0 Å². The molecule has 0 bridgehead atoms. The minimum absolute atomic E-state index is 0.217. The van der Waals surface area contributed by atoms with Crippen molar-refractivity contribution in [3.05, 3.63) is 92.8 Å². The Kier molecular flexibility index (Phi) is 4.19. The van der Waals surface area contributed by atoms with E-state index in [2.05, 4.69) is 10.3 Å². The molecule has 2 aromatic heterocycles. The van der Waals surface area contributed by atoms with Gasteiger partial charge in [-0.1, -0.05) is 30.3 Å². The summed E-state index contributed by atoms with van der Waals surface area (Å²) in [5.74, 6) is -0.399. The molecule has 7 nitrogen and oxygen atoms in total. The van der Waals surface area contributed by atoms with Gasteiger partial charge in [0.15, 0.2) is 0 Å². The molecule has 2 aromatic carbocycles. The largest absolute Gasteiger partial charge is 0.344 e. The molecule has 4 rings (SSSR count). The van der Waals surface area contributed by atoms with Crippen molar-refractivity contribution in [2.45, 2.75) is 6.92 Å². The number of aryl methyl sites for hydroxylation is 2. The lowest BCUT2D eigenvalue weighted by molar-refractivity contribution is 0.102. The van der Waals surface area contributed by atoms with Crippen LogP contribution >= 0.6 is 0 Å². The highest BCUT2D eigenvalue weighted by Crippen LogP contribution is 2.18. The lowest BCUT2D eigenvalue weighted by atomic mass is 10.2. The second-order valence-electron chi connectivity index (χ2n) is 6.61. The summed E-state index contributed by atoms with van der Waals surface area (Å²) in [5.41, 5.74) is 1.72. The average molecular weight is 374 g/mol. The van der Waals surface area contributed by atoms with Crippen molar-refractivity contribution in [3.63, 3.8) is 0 Å². The Morgan fingerprint density at radius 1 is 1.04 bits per heavy atom. The van der Waals surface area contributed by atoms with Gasteiger partial charge in [0.2, 0.25) is 0 Å². The zero-order chi connectivity index (χ0) is 19.8. The number of aromatic nitrogens is 3. The lowest BCUT2D eigenvalue weighted by Crippen LogP contribution is -2.34. The second-order valence-corrected chi connectivity index (χ2v) is 6.61. The SMILES string of the molecule is Cc1cccc(NC(=O)c2cn(C)c3c(=O)n(-c4ccccc4)c(=O)[nH]c23)c1. The monoisotopic (exact) mass is 374 g/mol. The highest BCUT2D eigenvalue weighted by atomic mass is 16.2. The maximum Gasteiger partial charge on any atom is 0.333 e. The molecule has 0 aliphatic rings. The molecule has 2 heterocycles. The van der Waals surface area contributed by atoms with Crippen LogP contribution in [-0.4, -0.2) is 20.0 Å². The smallest absolute Gasteiger partial charge is 0.333 e. The van der Waals surface area contributed by atoms with Crippen LogP contribution < -0.4 is 16.6 Å². The van der Waals surface area contributed by atoms with Crippen molar-refractivity contribution in [3.8, 4) is 5.69 Å². The number of carbonyl (C=O) groups excluding carboxylic acids is 1. The zero-order valence-electron chi connectivity index (χ0n) is 15.4. The van der Waals surface area contributed by atoms with E-state index in [1.54, 1.807) is 54.2 Å². The van der Waals surface area contributed by atoms with Crippen molar-refractivity contribution >= 4 is 22.6 Å². The van der Waals surface area contributed by atoms with Crippen LogP contribution in [0.4, 0.5) is 5.69 Å². The zero-order valence-corrected chi connectivity index (χ0v) is 15.4. The van der Waals surface area contributed by atoms with E-state index >= 15 is 0 Å². The Morgan fingerprint density at radius 2 is 1.79 bits per heavy atom. The van der Waals surface area contributed by atoms with Gasteiger partial charge in [0.25, 0.3) is 11.5 Å². The van der Waals surface area contributed by atoms with Gasteiger partial charge in [-0.3, -0.25) is 9.59 Å². The molecule has 0 fully saturated rings. The topological polar surface area (TPSA) is 88.9 Å². The third-order valence-corrected chi connectivity index (χ3v) is 4.56. The van der Waals surface area contributed by atoms with Crippen molar-refractivity contribution in [2.24, 2.45) is 7.05 Å². The minimum atomic E-state index is -0.598. The van der Waals surface area contributed by atoms with Crippen LogP contribution in [0.25, 0.3) is 16.7 Å². The van der Waals surface area contributed by atoms with Crippen LogP contribution in [0, 0.1) is 6.92 Å². The minimum Gasteiger partial charge on any atom is -0.344 e. The first kappa shape index (κ1) is 17.5. The number of nitrogens with zero attached hydrogens (tertiary/aromatic N) is 2. The van der Waals surface area contributed by atoms with Gasteiger partial charge in [-0.15, -0.1) is 0 Å². The van der Waals surface area contributed by atoms with Crippen LogP contribution in [0.1, 0.15) is 15.9 Å². The van der Waals surface area contributed by atoms with Crippen LogP contribution in [0.15, 0.2) is 70.4 Å². The number of hydrogen-bond acceptors (Lipinski definition) is 3. The number of hydrogen-bond donors (Lipinski definition) is 2. The molecule has 0 aliphatic heterocycles. The Bertz CT molecular complexity index is 1310. The van der Waals surface area contributed by atoms with E-state index in [1.807, 2.05) is 25.1 Å². The molecule has 4 aromatic rings. The molecule has 28 heavy (non-hydrogen) atoms. The number of amides is 1. The molecule has 0 aliphatic carbocycles. The second kappa shape index (κ2) is 6.70. The fraction of sp³-hybridized carbons (Fsp3) is 0.0952. The summed E-state index contributed by atoms with van der Waals surface area (Å²) >= 11 is 0. The summed E-state index contributed by atoms with van der Waals surface area (Å²) < 4.78 is 2.61. The third-order valence-electron chi connectivity index (χ3n) is 4.56. The van der Waals surface area contributed by atoms with Gasteiger partial charge in [0.05, 0.1) is 16.8 Å². The lowest BCUT2D eigenvalue weighted by Gasteiger charge is -2.06. The number of benzene rings is 2. The number of aromatic amines is 1. The van der Waals surface area contributed by atoms with E-state index in [9.17, 15) is 14.4 Å². The molecule has 0 radical (unpaired) electrons. The summed E-state index contributed by atoms with van der Waals surface area (Å²) in [6, 6.07) is 16.0. The average Bonchev–Trinajstić information content (AvgIpc) is 2.99. The summed E-state index contributed by atoms with van der Waals surface area (Å²) in [6.07, 6.45) is 1.54. The molecule has 140 valence electrons. The highest BCUT2D eigenvalue weighted by Gasteiger charge is 2.20. The molecule has 7 heteroatoms. The Morgan fingerprint density at radius 3 is 2.50 bits per heavy atom. The normalized spacial score (nSPS) is 10.9. The predicted molar refractivity (Wildman–Crippen MR) is 108 cm³/mol. The fourth-order valence-electron chi connectivity index (χ4n) is 3.28. The maximum atomic E-state index is 13.0. The van der Waals surface area contributed by atoms with Gasteiger partial charge in [-0.25, -0.2) is 9.36 Å². The Labute approximate surface area is 159 Å². The molecular formula is C21H18N4O3. The van der Waals surface area contributed by atoms with Crippen LogP contribution in [-0.2, 0) is 7.05 Å². The molecule has 0 saturated heterocycles. The van der Waals surface area contributed by atoms with Crippen molar-refractivity contribution in [1.29, 1.82) is 0 Å². The molecule has 0 atom stereocenters. The van der Waals surface area contributed by atoms with E-state index in [0.717, 1.165) is 10.1 Å². The molecule has 0 unspecified atom stereocenters. The van der Waals surface area contributed by atoms with Crippen LogP contribution in [0.5, 0.6) is 0 Å². The van der Waals surface area contributed by atoms with Gasteiger partial charge in [0, 0.05) is 18.9 Å². The van der Waals surface area contributed by atoms with Crippen LogP contribution in [0.2, 0.25) is 0 Å². The van der Waals surface area contributed by atoms with E-state index < -0.39 is 17.2 Å². The maximum absolute atomic E-state index is 13.0. The molecule has 0 saturated carbocycles. The Hall–Kier alpha value is -3.87. The van der Waals surface area contributed by atoms with Crippen molar-refractivity contribution in [2.75, 3.05) is 5.32 Å². The number of rotatable bonds is 3. The first-order valence-corrected chi connectivity index (χ1v) is 8.73. The third kappa shape index (κ3) is 2.92. The van der Waals surface area contributed by atoms with Gasteiger partial charge in [0.1, 0.15) is 5.52 Å². The first-order chi connectivity index (χ1) is 13.5. The van der Waals surface area contributed by atoms with Gasteiger partial charge in [-0.2, -0.15) is 0 Å². The molecule has 0 spiro atoms. The number of nitrogens with one attached hydrogen (secondary N) is 2. The summed E-state index contributed by atoms with van der Waals surface area (Å²) in [5, 5.41) is 2.81. The number of fused-ring (bicyclic) bond motifs is 1. The quantitative estimate of drug-likeness (QED) is 0.578. The number of para-hydroxylation sites is 1. The Balaban J connectivity index is 1.85. The standard InChI is InChI=1S/C21H18N4O3/c1-13-7-6-8-14(11-13)22-19(26)16-12-24(2)18-17(16)23-21(28)25(20(18)27)15-9-4-3-5-10-15/h3-12H,1-2H3,(H,22,26)(H,23,28). The summed E-state index contributed by atoms with van der Waals surface area (Å²) in [6.45, 7) is 1.93. The number of H-pyrrole nitrogens is 1.